The second-order valence-corrected chi connectivity index (χ2v) is 5.72. The van der Waals surface area contributed by atoms with Crippen molar-refractivity contribution in [3.8, 4) is 11.5 Å². The molecule has 0 unspecified atom stereocenters. The summed E-state index contributed by atoms with van der Waals surface area (Å²) >= 11 is 6.15. The number of hydrogen-bond donors (Lipinski definition) is 2. The van der Waals surface area contributed by atoms with Gasteiger partial charge < -0.3 is 20.1 Å². The molecule has 23 heavy (non-hydrogen) atoms. The van der Waals surface area contributed by atoms with Crippen molar-refractivity contribution in [2.24, 2.45) is 0 Å². The summed E-state index contributed by atoms with van der Waals surface area (Å²) in [6, 6.07) is 3.34. The Morgan fingerprint density at radius 3 is 2.52 bits per heavy atom. The van der Waals surface area contributed by atoms with Gasteiger partial charge in [-0.3, -0.25) is 9.59 Å². The zero-order valence-electron chi connectivity index (χ0n) is 13.1. The Hall–Kier alpha value is -1.95. The molecule has 1 heterocycles. The highest BCUT2D eigenvalue weighted by atomic mass is 35.5. The molecule has 126 valence electrons. The van der Waals surface area contributed by atoms with E-state index in [1.807, 2.05) is 0 Å². The molecule has 6 nitrogen and oxygen atoms in total. The van der Waals surface area contributed by atoms with Gasteiger partial charge in [0.1, 0.15) is 13.2 Å². The summed E-state index contributed by atoms with van der Waals surface area (Å²) in [7, 11) is 0. The van der Waals surface area contributed by atoms with Gasteiger partial charge in [0, 0.05) is 32.0 Å². The predicted molar refractivity (Wildman–Crippen MR) is 88.2 cm³/mol. The largest absolute Gasteiger partial charge is 0.486 e. The number of unbranched alkanes of at least 4 members (excludes halogenated alkanes) is 2. The fraction of sp³-hybridized carbons (Fsp3) is 0.500. The Labute approximate surface area is 140 Å². The van der Waals surface area contributed by atoms with Gasteiger partial charge in [0.15, 0.2) is 11.5 Å². The second kappa shape index (κ2) is 8.62. The van der Waals surface area contributed by atoms with Crippen LogP contribution in [-0.4, -0.2) is 31.6 Å². The van der Waals surface area contributed by atoms with Crippen molar-refractivity contribution in [2.45, 2.75) is 32.6 Å². The normalized spacial score (nSPS) is 12.6. The monoisotopic (exact) mass is 340 g/mol. The molecule has 0 fully saturated rings. The average Bonchev–Trinajstić information content (AvgIpc) is 2.51. The van der Waals surface area contributed by atoms with E-state index in [-0.39, 0.29) is 11.8 Å². The Morgan fingerprint density at radius 1 is 1.13 bits per heavy atom. The maximum atomic E-state index is 12.0. The van der Waals surface area contributed by atoms with Gasteiger partial charge >= 0.3 is 0 Å². The van der Waals surface area contributed by atoms with Crippen LogP contribution in [0.5, 0.6) is 11.5 Å². The first-order valence-electron chi connectivity index (χ1n) is 7.69. The van der Waals surface area contributed by atoms with Crippen molar-refractivity contribution < 1.29 is 19.1 Å². The molecule has 2 amide bonds. The van der Waals surface area contributed by atoms with E-state index in [1.165, 1.54) is 6.92 Å². The van der Waals surface area contributed by atoms with E-state index in [9.17, 15) is 9.59 Å². The summed E-state index contributed by atoms with van der Waals surface area (Å²) < 4.78 is 10.9. The fourth-order valence-electron chi connectivity index (χ4n) is 2.22. The number of fused-ring (bicyclic) bond motifs is 1. The number of nitrogens with one attached hydrogen (secondary N) is 2. The Bertz CT molecular complexity index is 577. The lowest BCUT2D eigenvalue weighted by molar-refractivity contribution is -0.119. The van der Waals surface area contributed by atoms with Crippen LogP contribution in [0, 0.1) is 0 Å². The molecule has 0 aromatic heterocycles. The first-order chi connectivity index (χ1) is 11.1. The number of benzene rings is 1. The van der Waals surface area contributed by atoms with Crippen molar-refractivity contribution in [3.05, 3.63) is 17.2 Å². The number of hydrogen-bond acceptors (Lipinski definition) is 4. The highest BCUT2D eigenvalue weighted by Crippen LogP contribution is 2.37. The molecule has 2 rings (SSSR count). The highest BCUT2D eigenvalue weighted by molar-refractivity contribution is 6.34. The zero-order chi connectivity index (χ0) is 16.7. The molecule has 0 spiro atoms. The van der Waals surface area contributed by atoms with Crippen molar-refractivity contribution in [2.75, 3.05) is 25.1 Å². The summed E-state index contributed by atoms with van der Waals surface area (Å²) in [5, 5.41) is 5.94. The SMILES string of the molecule is CC(=O)NCCCCCC(=O)Nc1cc2c(cc1Cl)OCCO2. The quantitative estimate of drug-likeness (QED) is 0.748. The minimum atomic E-state index is -0.0943. The summed E-state index contributed by atoms with van der Waals surface area (Å²) in [5.41, 5.74) is 0.527. The van der Waals surface area contributed by atoms with Crippen LogP contribution < -0.4 is 20.1 Å². The third kappa shape index (κ3) is 5.63. The molecule has 0 bridgehead atoms. The molecule has 0 atom stereocenters. The number of anilines is 1. The third-order valence-corrected chi connectivity index (χ3v) is 3.67. The van der Waals surface area contributed by atoms with Crippen molar-refractivity contribution in [1.82, 2.24) is 5.32 Å². The number of carbonyl (C=O) groups is 2. The molecule has 2 N–H and O–H groups in total. The van der Waals surface area contributed by atoms with Gasteiger partial charge in [-0.1, -0.05) is 18.0 Å². The lowest BCUT2D eigenvalue weighted by atomic mass is 10.2. The van der Waals surface area contributed by atoms with Crippen LogP contribution in [-0.2, 0) is 9.59 Å². The standard InChI is InChI=1S/C16H21ClN2O4/c1-11(20)18-6-4-2-3-5-16(21)19-13-10-15-14(9-12(13)17)22-7-8-23-15/h9-10H,2-8H2,1H3,(H,18,20)(H,19,21). The predicted octanol–water partition coefficient (Wildman–Crippen LogP) is 2.75. The van der Waals surface area contributed by atoms with Crippen LogP contribution in [0.15, 0.2) is 12.1 Å². The van der Waals surface area contributed by atoms with E-state index in [2.05, 4.69) is 10.6 Å². The Morgan fingerprint density at radius 2 is 1.83 bits per heavy atom. The van der Waals surface area contributed by atoms with Crippen LogP contribution in [0.3, 0.4) is 0 Å². The van der Waals surface area contributed by atoms with E-state index in [0.29, 0.717) is 48.4 Å². The third-order valence-electron chi connectivity index (χ3n) is 3.36. The first kappa shape index (κ1) is 17.4. The van der Waals surface area contributed by atoms with Gasteiger partial charge in [0.05, 0.1) is 10.7 Å². The molecule has 0 radical (unpaired) electrons. The van der Waals surface area contributed by atoms with Crippen LogP contribution in [0.2, 0.25) is 5.02 Å². The Balaban J connectivity index is 1.76. The number of carbonyl (C=O) groups excluding carboxylic acids is 2. The fourth-order valence-corrected chi connectivity index (χ4v) is 2.43. The minimum Gasteiger partial charge on any atom is -0.486 e. The van der Waals surface area contributed by atoms with Gasteiger partial charge in [0.25, 0.3) is 0 Å². The van der Waals surface area contributed by atoms with E-state index in [0.717, 1.165) is 19.3 Å². The highest BCUT2D eigenvalue weighted by Gasteiger charge is 2.16. The van der Waals surface area contributed by atoms with Gasteiger partial charge in [-0.25, -0.2) is 0 Å². The van der Waals surface area contributed by atoms with Gasteiger partial charge in [-0.05, 0) is 12.8 Å². The average molecular weight is 341 g/mol. The van der Waals surface area contributed by atoms with Gasteiger partial charge in [0.2, 0.25) is 11.8 Å². The number of ether oxygens (including phenoxy) is 2. The molecule has 1 aliphatic rings. The van der Waals surface area contributed by atoms with Crippen molar-refractivity contribution >= 4 is 29.1 Å². The number of rotatable bonds is 7. The second-order valence-electron chi connectivity index (χ2n) is 5.32. The number of amides is 2. The maximum absolute atomic E-state index is 12.0. The van der Waals surface area contributed by atoms with E-state index < -0.39 is 0 Å². The zero-order valence-corrected chi connectivity index (χ0v) is 13.9. The van der Waals surface area contributed by atoms with E-state index in [1.54, 1.807) is 12.1 Å². The van der Waals surface area contributed by atoms with Crippen LogP contribution in [0.25, 0.3) is 0 Å². The molecule has 0 saturated carbocycles. The molecule has 0 aliphatic carbocycles. The molecule has 1 aliphatic heterocycles. The first-order valence-corrected chi connectivity index (χ1v) is 8.07. The lowest BCUT2D eigenvalue weighted by Gasteiger charge is -2.20. The molecular formula is C16H21ClN2O4. The van der Waals surface area contributed by atoms with Crippen LogP contribution >= 0.6 is 11.6 Å². The van der Waals surface area contributed by atoms with Crippen LogP contribution in [0.1, 0.15) is 32.6 Å². The molecule has 7 heteroatoms. The summed E-state index contributed by atoms with van der Waals surface area (Å²) in [6.45, 7) is 3.11. The summed E-state index contributed by atoms with van der Waals surface area (Å²) in [4.78, 5) is 22.7. The number of halogens is 1. The van der Waals surface area contributed by atoms with Crippen molar-refractivity contribution in [1.29, 1.82) is 0 Å². The van der Waals surface area contributed by atoms with Gasteiger partial charge in [-0.15, -0.1) is 0 Å². The lowest BCUT2D eigenvalue weighted by Crippen LogP contribution is -2.20. The molecule has 0 saturated heterocycles. The maximum Gasteiger partial charge on any atom is 0.224 e. The minimum absolute atomic E-state index is 0.0315. The summed E-state index contributed by atoms with van der Waals surface area (Å²) in [6.07, 6.45) is 2.90. The van der Waals surface area contributed by atoms with Crippen LogP contribution in [0.4, 0.5) is 5.69 Å². The summed E-state index contributed by atoms with van der Waals surface area (Å²) in [5.74, 6) is 1.06. The molecule has 1 aromatic rings. The smallest absolute Gasteiger partial charge is 0.224 e. The Kier molecular flexibility index (Phi) is 6.52. The molecular weight excluding hydrogens is 320 g/mol. The van der Waals surface area contributed by atoms with E-state index >= 15 is 0 Å². The topological polar surface area (TPSA) is 76.7 Å². The molecule has 1 aromatic carbocycles. The van der Waals surface area contributed by atoms with Gasteiger partial charge in [-0.2, -0.15) is 0 Å². The van der Waals surface area contributed by atoms with E-state index in [4.69, 9.17) is 21.1 Å². The van der Waals surface area contributed by atoms with Crippen molar-refractivity contribution in [3.63, 3.8) is 0 Å².